The second-order valence-corrected chi connectivity index (χ2v) is 3.39. The summed E-state index contributed by atoms with van der Waals surface area (Å²) in [5.74, 6) is -0.944. The normalized spacial score (nSPS) is 14.4. The molecule has 1 heterocycles. The molecular weight excluding hydrogens is 212 g/mol. The number of carboxylic acid groups (broad SMARTS) is 1. The molecule has 0 saturated carbocycles. The number of nitrogens with two attached hydrogens (primary N) is 1. The van der Waals surface area contributed by atoms with E-state index in [4.69, 9.17) is 10.8 Å². The van der Waals surface area contributed by atoms with E-state index in [1.807, 2.05) is 0 Å². The van der Waals surface area contributed by atoms with Crippen molar-refractivity contribution < 1.29 is 15.0 Å². The van der Waals surface area contributed by atoms with Crippen molar-refractivity contribution in [2.45, 2.75) is 25.6 Å². The zero-order chi connectivity index (χ0) is 12.1. The Balaban J connectivity index is 2.55. The third-order valence-corrected chi connectivity index (χ3v) is 2.00. The molecule has 0 unspecified atom stereocenters. The minimum Gasteiger partial charge on any atom is -0.480 e. The minimum absolute atomic E-state index is 0.161. The fraction of sp³-hybridized carbons (Fsp3) is 0.444. The third kappa shape index (κ3) is 3.44. The van der Waals surface area contributed by atoms with Gasteiger partial charge in [-0.05, 0) is 6.92 Å². The van der Waals surface area contributed by atoms with Crippen molar-refractivity contribution in [3.63, 3.8) is 0 Å². The second kappa shape index (κ2) is 5.38. The lowest BCUT2D eigenvalue weighted by Gasteiger charge is -2.16. The van der Waals surface area contributed by atoms with Crippen LogP contribution < -0.4 is 11.1 Å². The summed E-state index contributed by atoms with van der Waals surface area (Å²) in [6, 6.07) is -1.02. The number of carboxylic acids is 1. The first kappa shape index (κ1) is 12.3. The van der Waals surface area contributed by atoms with Crippen LogP contribution in [0.5, 0.6) is 0 Å². The highest BCUT2D eigenvalue weighted by molar-refractivity contribution is 5.74. The van der Waals surface area contributed by atoms with Crippen molar-refractivity contribution in [2.24, 2.45) is 0 Å². The molecular formula is C9H14N4O3. The Labute approximate surface area is 92.3 Å². The van der Waals surface area contributed by atoms with Gasteiger partial charge in [0.1, 0.15) is 6.04 Å². The number of nitrogen functional groups attached to an aromatic ring is 1. The van der Waals surface area contributed by atoms with Crippen LogP contribution in [0.4, 0.5) is 5.95 Å². The number of rotatable bonds is 5. The summed E-state index contributed by atoms with van der Waals surface area (Å²) in [5.41, 5.74) is 6.00. The molecule has 1 aromatic heterocycles. The van der Waals surface area contributed by atoms with Crippen molar-refractivity contribution in [1.29, 1.82) is 0 Å². The number of hydrogen-bond donors (Lipinski definition) is 4. The minimum atomic E-state index is -1.11. The molecule has 0 spiro atoms. The summed E-state index contributed by atoms with van der Waals surface area (Å²) in [4.78, 5) is 18.3. The lowest BCUT2D eigenvalue weighted by molar-refractivity contribution is -0.142. The van der Waals surface area contributed by atoms with Gasteiger partial charge < -0.3 is 15.9 Å². The van der Waals surface area contributed by atoms with Gasteiger partial charge in [0.25, 0.3) is 0 Å². The average molecular weight is 226 g/mol. The predicted molar refractivity (Wildman–Crippen MR) is 56.4 cm³/mol. The molecule has 0 radical (unpaired) electrons. The van der Waals surface area contributed by atoms with Crippen LogP contribution in [0.1, 0.15) is 12.5 Å². The van der Waals surface area contributed by atoms with Crippen molar-refractivity contribution in [3.05, 3.63) is 18.0 Å². The van der Waals surface area contributed by atoms with Crippen LogP contribution in [0.3, 0.4) is 0 Å². The molecule has 0 bridgehead atoms. The quantitative estimate of drug-likeness (QED) is 0.507. The first-order chi connectivity index (χ1) is 7.50. The molecule has 0 saturated heterocycles. The van der Waals surface area contributed by atoms with Crippen LogP contribution in [0.2, 0.25) is 0 Å². The molecule has 7 nitrogen and oxygen atoms in total. The van der Waals surface area contributed by atoms with E-state index in [1.54, 1.807) is 0 Å². The van der Waals surface area contributed by atoms with Crippen molar-refractivity contribution in [1.82, 2.24) is 15.3 Å². The maximum Gasteiger partial charge on any atom is 0.323 e. The summed E-state index contributed by atoms with van der Waals surface area (Å²) < 4.78 is 0. The van der Waals surface area contributed by atoms with Crippen molar-refractivity contribution in [2.75, 3.05) is 5.73 Å². The van der Waals surface area contributed by atoms with Gasteiger partial charge in [0.2, 0.25) is 5.95 Å². The fourth-order valence-corrected chi connectivity index (χ4v) is 1.15. The number of aliphatic hydroxyl groups is 1. The van der Waals surface area contributed by atoms with Crippen LogP contribution in [-0.2, 0) is 11.3 Å². The van der Waals surface area contributed by atoms with Crippen LogP contribution in [0, 0.1) is 0 Å². The van der Waals surface area contributed by atoms with E-state index in [2.05, 4.69) is 15.3 Å². The first-order valence-electron chi connectivity index (χ1n) is 4.71. The van der Waals surface area contributed by atoms with Gasteiger partial charge in [0, 0.05) is 24.5 Å². The fourth-order valence-electron chi connectivity index (χ4n) is 1.15. The van der Waals surface area contributed by atoms with E-state index in [-0.39, 0.29) is 12.5 Å². The molecule has 0 aromatic carbocycles. The van der Waals surface area contributed by atoms with E-state index in [0.717, 1.165) is 0 Å². The molecule has 2 atom stereocenters. The molecule has 88 valence electrons. The second-order valence-electron chi connectivity index (χ2n) is 3.39. The number of nitrogens with zero attached hydrogens (tertiary/aromatic N) is 2. The Kier molecular flexibility index (Phi) is 4.15. The molecule has 1 aromatic rings. The zero-order valence-electron chi connectivity index (χ0n) is 8.79. The van der Waals surface area contributed by atoms with Gasteiger partial charge >= 0.3 is 5.97 Å². The lowest BCUT2D eigenvalue weighted by Crippen LogP contribution is -2.44. The summed E-state index contributed by atoms with van der Waals surface area (Å²) in [7, 11) is 0. The standard InChI is InChI=1S/C9H14N4O3/c1-5(14)7(8(15)16)11-2-6-3-12-9(10)13-4-6/h3-5,7,11,14H,2H2,1H3,(H,15,16)(H2,10,12,13)/t5-,7+/m0/s1. The van der Waals surface area contributed by atoms with E-state index in [0.29, 0.717) is 5.56 Å². The highest BCUT2D eigenvalue weighted by atomic mass is 16.4. The van der Waals surface area contributed by atoms with Crippen LogP contribution >= 0.6 is 0 Å². The van der Waals surface area contributed by atoms with Gasteiger partial charge in [-0.3, -0.25) is 10.1 Å². The average Bonchev–Trinajstić information content (AvgIpc) is 2.20. The maximum atomic E-state index is 10.7. The van der Waals surface area contributed by atoms with Crippen LogP contribution in [-0.4, -0.2) is 38.3 Å². The number of nitrogens with one attached hydrogen (secondary N) is 1. The Morgan fingerprint density at radius 3 is 2.56 bits per heavy atom. The highest BCUT2D eigenvalue weighted by Gasteiger charge is 2.21. The van der Waals surface area contributed by atoms with E-state index < -0.39 is 18.1 Å². The van der Waals surface area contributed by atoms with Gasteiger partial charge in [-0.1, -0.05) is 0 Å². The number of aromatic nitrogens is 2. The number of aliphatic hydroxyl groups excluding tert-OH is 1. The number of anilines is 1. The topological polar surface area (TPSA) is 121 Å². The molecule has 1 rings (SSSR count). The predicted octanol–water partition coefficient (Wildman–Crippen LogP) is -1.02. The molecule has 0 fully saturated rings. The largest absolute Gasteiger partial charge is 0.480 e. The van der Waals surface area contributed by atoms with Gasteiger partial charge in [-0.15, -0.1) is 0 Å². The van der Waals surface area contributed by atoms with E-state index >= 15 is 0 Å². The molecule has 5 N–H and O–H groups in total. The Morgan fingerprint density at radius 1 is 1.56 bits per heavy atom. The number of hydrogen-bond acceptors (Lipinski definition) is 6. The summed E-state index contributed by atoms with van der Waals surface area (Å²) in [6.07, 6.45) is 2.01. The first-order valence-corrected chi connectivity index (χ1v) is 4.71. The van der Waals surface area contributed by atoms with Gasteiger partial charge in [0.15, 0.2) is 0 Å². The van der Waals surface area contributed by atoms with E-state index in [1.165, 1.54) is 19.3 Å². The molecule has 0 aliphatic heterocycles. The monoisotopic (exact) mass is 226 g/mol. The highest BCUT2D eigenvalue weighted by Crippen LogP contribution is 1.99. The van der Waals surface area contributed by atoms with Gasteiger partial charge in [-0.25, -0.2) is 9.97 Å². The Morgan fingerprint density at radius 2 is 2.12 bits per heavy atom. The summed E-state index contributed by atoms with van der Waals surface area (Å²) in [5, 5.41) is 20.7. The third-order valence-electron chi connectivity index (χ3n) is 2.00. The van der Waals surface area contributed by atoms with Gasteiger partial charge in [-0.2, -0.15) is 0 Å². The maximum absolute atomic E-state index is 10.7. The number of carbonyl (C=O) groups is 1. The van der Waals surface area contributed by atoms with Crippen LogP contribution in [0.25, 0.3) is 0 Å². The molecule has 0 aliphatic rings. The van der Waals surface area contributed by atoms with Crippen LogP contribution in [0.15, 0.2) is 12.4 Å². The van der Waals surface area contributed by atoms with Crippen molar-refractivity contribution in [3.8, 4) is 0 Å². The zero-order valence-corrected chi connectivity index (χ0v) is 8.79. The van der Waals surface area contributed by atoms with Crippen molar-refractivity contribution >= 4 is 11.9 Å². The Bertz CT molecular complexity index is 352. The smallest absolute Gasteiger partial charge is 0.323 e. The van der Waals surface area contributed by atoms with E-state index in [9.17, 15) is 9.90 Å². The van der Waals surface area contributed by atoms with Gasteiger partial charge in [0.05, 0.1) is 6.10 Å². The lowest BCUT2D eigenvalue weighted by atomic mass is 10.2. The SMILES string of the molecule is C[C@H](O)[C@@H](NCc1cnc(N)nc1)C(=O)O. The summed E-state index contributed by atoms with van der Waals surface area (Å²) >= 11 is 0. The Hall–Kier alpha value is -1.73. The summed E-state index contributed by atoms with van der Waals surface area (Å²) in [6.45, 7) is 1.66. The molecule has 0 amide bonds. The number of aliphatic carboxylic acids is 1. The molecule has 16 heavy (non-hydrogen) atoms. The molecule has 0 aliphatic carbocycles. The molecule has 7 heteroatoms.